The summed E-state index contributed by atoms with van der Waals surface area (Å²) in [6.45, 7) is 5.33. The number of ether oxygens (including phenoxy) is 1. The van der Waals surface area contributed by atoms with Gasteiger partial charge in [0, 0.05) is 39.3 Å². The van der Waals surface area contributed by atoms with Crippen LogP contribution in [0.4, 0.5) is 0 Å². The van der Waals surface area contributed by atoms with Gasteiger partial charge in [0.25, 0.3) is 0 Å². The van der Waals surface area contributed by atoms with Crippen molar-refractivity contribution in [1.29, 1.82) is 0 Å². The first-order valence-corrected chi connectivity index (χ1v) is 6.29. The van der Waals surface area contributed by atoms with E-state index in [0.717, 1.165) is 26.1 Å². The first kappa shape index (κ1) is 13.5. The van der Waals surface area contributed by atoms with Crippen LogP contribution in [0.5, 0.6) is 0 Å². The van der Waals surface area contributed by atoms with Gasteiger partial charge in [-0.25, -0.2) is 0 Å². The van der Waals surface area contributed by atoms with Crippen LogP contribution in [0.3, 0.4) is 0 Å². The first-order valence-electron chi connectivity index (χ1n) is 6.29. The summed E-state index contributed by atoms with van der Waals surface area (Å²) in [5, 5.41) is 3.40. The van der Waals surface area contributed by atoms with Crippen LogP contribution in [-0.2, 0) is 9.53 Å². The molecule has 0 aromatic rings. The molecule has 1 N–H and O–H groups in total. The van der Waals surface area contributed by atoms with Crippen molar-refractivity contribution in [2.24, 2.45) is 0 Å². The van der Waals surface area contributed by atoms with Crippen LogP contribution in [0.15, 0.2) is 0 Å². The van der Waals surface area contributed by atoms with Crippen molar-refractivity contribution >= 4 is 5.91 Å². The fourth-order valence-corrected chi connectivity index (χ4v) is 2.01. The van der Waals surface area contributed by atoms with Crippen molar-refractivity contribution in [3.63, 3.8) is 0 Å². The molecule has 0 aromatic heterocycles. The minimum atomic E-state index is 0.230. The van der Waals surface area contributed by atoms with Gasteiger partial charge in [-0.05, 0) is 32.7 Å². The first-order chi connectivity index (χ1) is 7.74. The summed E-state index contributed by atoms with van der Waals surface area (Å²) in [5.74, 6) is 0.230. The molecule has 1 fully saturated rings. The quantitative estimate of drug-likeness (QED) is 0.661. The van der Waals surface area contributed by atoms with Gasteiger partial charge < -0.3 is 15.0 Å². The molecule has 1 unspecified atom stereocenters. The lowest BCUT2D eigenvalue weighted by atomic mass is 10.2. The molecule has 0 radical (unpaired) electrons. The Labute approximate surface area is 98.3 Å². The molecule has 1 aliphatic heterocycles. The van der Waals surface area contributed by atoms with Crippen LogP contribution in [0.25, 0.3) is 0 Å². The Kier molecular flexibility index (Phi) is 6.42. The van der Waals surface area contributed by atoms with Gasteiger partial charge in [-0.2, -0.15) is 0 Å². The molecule has 16 heavy (non-hydrogen) atoms. The molecule has 0 aromatic carbocycles. The molecule has 0 spiro atoms. The number of rotatable bonds is 7. The number of hydrogen-bond donors (Lipinski definition) is 1. The van der Waals surface area contributed by atoms with Crippen molar-refractivity contribution in [2.75, 3.05) is 33.4 Å². The number of nitrogens with one attached hydrogen (secondary N) is 1. The minimum Gasteiger partial charge on any atom is -0.382 e. The number of likely N-dealkylation sites (N-methyl/N-ethyl adjacent to an activating group) is 1. The zero-order valence-corrected chi connectivity index (χ0v) is 10.5. The van der Waals surface area contributed by atoms with Crippen LogP contribution in [-0.4, -0.2) is 50.2 Å². The van der Waals surface area contributed by atoms with Gasteiger partial charge in [0.15, 0.2) is 0 Å². The van der Waals surface area contributed by atoms with E-state index in [1.165, 1.54) is 12.8 Å². The Morgan fingerprint density at radius 1 is 1.56 bits per heavy atom. The van der Waals surface area contributed by atoms with Crippen molar-refractivity contribution in [3.05, 3.63) is 0 Å². The standard InChI is InChI=1S/C12H24N2O2/c1-3-16-9-5-7-12(15)14(2)10-11-6-4-8-13-11/h11,13H,3-10H2,1-2H3. The zero-order chi connectivity index (χ0) is 11.8. The summed E-state index contributed by atoms with van der Waals surface area (Å²) in [7, 11) is 1.89. The lowest BCUT2D eigenvalue weighted by Crippen LogP contribution is -2.38. The molecule has 1 aliphatic rings. The fraction of sp³-hybridized carbons (Fsp3) is 0.917. The van der Waals surface area contributed by atoms with Crippen LogP contribution in [0.1, 0.15) is 32.6 Å². The minimum absolute atomic E-state index is 0.230. The number of nitrogens with zero attached hydrogens (tertiary/aromatic N) is 1. The Balaban J connectivity index is 2.09. The lowest BCUT2D eigenvalue weighted by Gasteiger charge is -2.21. The van der Waals surface area contributed by atoms with Gasteiger partial charge in [-0.1, -0.05) is 0 Å². The van der Waals surface area contributed by atoms with Gasteiger partial charge in [-0.15, -0.1) is 0 Å². The average Bonchev–Trinajstić information content (AvgIpc) is 2.76. The van der Waals surface area contributed by atoms with E-state index < -0.39 is 0 Å². The summed E-state index contributed by atoms with van der Waals surface area (Å²) in [6, 6.07) is 0.501. The fourth-order valence-electron chi connectivity index (χ4n) is 2.01. The molecule has 1 rings (SSSR count). The van der Waals surface area contributed by atoms with E-state index in [1.807, 2.05) is 18.9 Å². The molecule has 0 saturated carbocycles. The highest BCUT2D eigenvalue weighted by Gasteiger charge is 2.18. The molecule has 0 bridgehead atoms. The molecule has 0 aliphatic carbocycles. The number of hydrogen-bond acceptors (Lipinski definition) is 3. The lowest BCUT2D eigenvalue weighted by molar-refractivity contribution is -0.130. The number of carbonyl (C=O) groups is 1. The highest BCUT2D eigenvalue weighted by atomic mass is 16.5. The molecule has 4 heteroatoms. The topological polar surface area (TPSA) is 41.6 Å². The second kappa shape index (κ2) is 7.63. The smallest absolute Gasteiger partial charge is 0.222 e. The molecular formula is C12H24N2O2. The number of carbonyl (C=O) groups excluding carboxylic acids is 1. The van der Waals surface area contributed by atoms with E-state index in [0.29, 0.717) is 19.1 Å². The van der Waals surface area contributed by atoms with E-state index in [4.69, 9.17) is 4.74 Å². The van der Waals surface area contributed by atoms with Crippen LogP contribution in [0.2, 0.25) is 0 Å². The van der Waals surface area contributed by atoms with E-state index in [-0.39, 0.29) is 5.91 Å². The van der Waals surface area contributed by atoms with Gasteiger partial charge in [0.2, 0.25) is 5.91 Å². The third kappa shape index (κ3) is 4.94. The molecule has 1 amide bonds. The summed E-state index contributed by atoms with van der Waals surface area (Å²) in [4.78, 5) is 13.6. The van der Waals surface area contributed by atoms with Crippen LogP contribution < -0.4 is 5.32 Å². The summed E-state index contributed by atoms with van der Waals surface area (Å²) >= 11 is 0. The summed E-state index contributed by atoms with van der Waals surface area (Å²) in [5.41, 5.74) is 0. The predicted molar refractivity (Wildman–Crippen MR) is 64.4 cm³/mol. The van der Waals surface area contributed by atoms with Crippen molar-refractivity contribution in [3.8, 4) is 0 Å². The van der Waals surface area contributed by atoms with Gasteiger partial charge in [0.1, 0.15) is 0 Å². The monoisotopic (exact) mass is 228 g/mol. The van der Waals surface area contributed by atoms with Crippen molar-refractivity contribution in [2.45, 2.75) is 38.6 Å². The van der Waals surface area contributed by atoms with Gasteiger partial charge in [-0.3, -0.25) is 4.79 Å². The zero-order valence-electron chi connectivity index (χ0n) is 10.5. The van der Waals surface area contributed by atoms with Crippen LogP contribution in [0, 0.1) is 0 Å². The highest BCUT2D eigenvalue weighted by molar-refractivity contribution is 5.75. The molecule has 4 nitrogen and oxygen atoms in total. The molecule has 1 saturated heterocycles. The molecular weight excluding hydrogens is 204 g/mol. The molecule has 94 valence electrons. The SMILES string of the molecule is CCOCCCC(=O)N(C)CC1CCCN1. The molecule has 1 atom stereocenters. The third-order valence-electron chi connectivity index (χ3n) is 2.97. The predicted octanol–water partition coefficient (Wildman–Crippen LogP) is 1.01. The normalized spacial score (nSPS) is 20.0. The maximum Gasteiger partial charge on any atom is 0.222 e. The second-order valence-electron chi connectivity index (χ2n) is 4.37. The third-order valence-corrected chi connectivity index (χ3v) is 2.97. The summed E-state index contributed by atoms with van der Waals surface area (Å²) < 4.78 is 5.21. The Morgan fingerprint density at radius 2 is 2.38 bits per heavy atom. The Morgan fingerprint density at radius 3 is 3.00 bits per heavy atom. The second-order valence-corrected chi connectivity index (χ2v) is 4.37. The maximum absolute atomic E-state index is 11.7. The van der Waals surface area contributed by atoms with Crippen molar-refractivity contribution in [1.82, 2.24) is 10.2 Å². The van der Waals surface area contributed by atoms with Gasteiger partial charge >= 0.3 is 0 Å². The number of amides is 1. The van der Waals surface area contributed by atoms with Gasteiger partial charge in [0.05, 0.1) is 0 Å². The summed E-state index contributed by atoms with van der Waals surface area (Å²) in [6.07, 6.45) is 3.85. The molecule has 1 heterocycles. The van der Waals surface area contributed by atoms with Crippen LogP contribution >= 0.6 is 0 Å². The highest BCUT2D eigenvalue weighted by Crippen LogP contribution is 2.07. The van der Waals surface area contributed by atoms with E-state index >= 15 is 0 Å². The van der Waals surface area contributed by atoms with E-state index in [1.54, 1.807) is 0 Å². The van der Waals surface area contributed by atoms with E-state index in [2.05, 4.69) is 5.32 Å². The Hall–Kier alpha value is -0.610. The Bertz CT molecular complexity index is 203. The van der Waals surface area contributed by atoms with Crippen molar-refractivity contribution < 1.29 is 9.53 Å². The maximum atomic E-state index is 11.7. The van der Waals surface area contributed by atoms with E-state index in [9.17, 15) is 4.79 Å². The average molecular weight is 228 g/mol. The largest absolute Gasteiger partial charge is 0.382 e.